The van der Waals surface area contributed by atoms with Crippen LogP contribution in [0.3, 0.4) is 0 Å². The molecule has 2 aromatic heterocycles. The molecule has 0 aliphatic rings. The van der Waals surface area contributed by atoms with Crippen LogP contribution in [-0.4, -0.2) is 39.7 Å². The molecule has 6 nitrogen and oxygen atoms in total. The summed E-state index contributed by atoms with van der Waals surface area (Å²) in [5.74, 6) is 1.58. The van der Waals surface area contributed by atoms with Gasteiger partial charge in [0.05, 0.1) is 12.2 Å². The lowest BCUT2D eigenvalue weighted by Gasteiger charge is -2.19. The van der Waals surface area contributed by atoms with Crippen LogP contribution < -0.4 is 10.2 Å². The topological polar surface area (TPSA) is 50.9 Å². The molecule has 0 saturated heterocycles. The number of anilines is 1. The van der Waals surface area contributed by atoms with Crippen molar-refractivity contribution in [2.24, 2.45) is 7.05 Å². The molecule has 6 heteroatoms. The molecule has 1 atom stereocenters. The average Bonchev–Trinajstić information content (AvgIpc) is 3.03. The predicted molar refractivity (Wildman–Crippen MR) is 90.2 cm³/mol. The second-order valence-electron chi connectivity index (χ2n) is 6.37. The molecule has 2 aromatic rings. The first-order valence-electron chi connectivity index (χ1n) is 7.84. The molecular formula is C16H28N6. The van der Waals surface area contributed by atoms with Crippen LogP contribution in [0.5, 0.6) is 0 Å². The molecule has 0 bridgehead atoms. The van der Waals surface area contributed by atoms with Crippen LogP contribution in [0.1, 0.15) is 37.9 Å². The number of rotatable bonds is 7. The van der Waals surface area contributed by atoms with E-state index in [1.165, 1.54) is 17.1 Å². The number of nitrogens with zero attached hydrogens (tertiary/aromatic N) is 5. The standard InChI is InChI=1S/C16H28N6/c1-12(2)15-14(16(20(4)5)21(6)19-15)10-17-13(3)11-22-9-7-8-18-22/h7-9,12-13,17H,10-11H2,1-6H3/t13-/m1/s1. The summed E-state index contributed by atoms with van der Waals surface area (Å²) in [7, 11) is 6.15. The number of nitrogens with one attached hydrogen (secondary N) is 1. The van der Waals surface area contributed by atoms with E-state index in [4.69, 9.17) is 5.10 Å². The molecule has 122 valence electrons. The molecule has 0 aliphatic heterocycles. The fourth-order valence-electron chi connectivity index (χ4n) is 2.80. The third-order valence-corrected chi connectivity index (χ3v) is 3.76. The first-order chi connectivity index (χ1) is 10.4. The van der Waals surface area contributed by atoms with Gasteiger partial charge in [-0.3, -0.25) is 9.36 Å². The highest BCUT2D eigenvalue weighted by Gasteiger charge is 2.20. The number of aromatic nitrogens is 4. The summed E-state index contributed by atoms with van der Waals surface area (Å²) in [6, 6.07) is 2.30. The van der Waals surface area contributed by atoms with Crippen LogP contribution in [-0.2, 0) is 20.1 Å². The van der Waals surface area contributed by atoms with Crippen LogP contribution in [0.15, 0.2) is 18.5 Å². The molecule has 0 aromatic carbocycles. The van der Waals surface area contributed by atoms with Crippen LogP contribution in [0, 0.1) is 0 Å². The van der Waals surface area contributed by atoms with Crippen molar-refractivity contribution < 1.29 is 0 Å². The minimum absolute atomic E-state index is 0.343. The Hall–Kier alpha value is -1.82. The maximum atomic E-state index is 4.70. The molecule has 0 saturated carbocycles. The molecule has 0 radical (unpaired) electrons. The number of hydrogen-bond acceptors (Lipinski definition) is 4. The van der Waals surface area contributed by atoms with E-state index < -0.39 is 0 Å². The molecule has 0 amide bonds. The maximum Gasteiger partial charge on any atom is 0.130 e. The molecule has 0 spiro atoms. The predicted octanol–water partition coefficient (Wildman–Crippen LogP) is 1.98. The second-order valence-corrected chi connectivity index (χ2v) is 6.37. The largest absolute Gasteiger partial charge is 0.363 e. The van der Waals surface area contributed by atoms with Crippen molar-refractivity contribution in [2.75, 3.05) is 19.0 Å². The zero-order valence-corrected chi connectivity index (χ0v) is 14.5. The normalized spacial score (nSPS) is 12.9. The van der Waals surface area contributed by atoms with Crippen LogP contribution in [0.4, 0.5) is 5.82 Å². The van der Waals surface area contributed by atoms with Crippen LogP contribution >= 0.6 is 0 Å². The zero-order chi connectivity index (χ0) is 16.3. The summed E-state index contributed by atoms with van der Waals surface area (Å²) in [6.07, 6.45) is 3.81. The Morgan fingerprint density at radius 1 is 1.27 bits per heavy atom. The Kier molecular flexibility index (Phi) is 5.24. The van der Waals surface area contributed by atoms with Crippen molar-refractivity contribution in [3.63, 3.8) is 0 Å². The van der Waals surface area contributed by atoms with Gasteiger partial charge in [-0.05, 0) is 18.9 Å². The third kappa shape index (κ3) is 3.68. The monoisotopic (exact) mass is 304 g/mol. The number of hydrogen-bond donors (Lipinski definition) is 1. The molecule has 2 heterocycles. The van der Waals surface area contributed by atoms with Crippen molar-refractivity contribution in [3.05, 3.63) is 29.7 Å². The van der Waals surface area contributed by atoms with E-state index in [2.05, 4.69) is 50.2 Å². The fraction of sp³-hybridized carbons (Fsp3) is 0.625. The highest BCUT2D eigenvalue weighted by atomic mass is 15.4. The van der Waals surface area contributed by atoms with E-state index in [-0.39, 0.29) is 0 Å². The van der Waals surface area contributed by atoms with E-state index in [0.717, 1.165) is 13.1 Å². The van der Waals surface area contributed by atoms with Crippen molar-refractivity contribution in [1.82, 2.24) is 24.9 Å². The molecule has 1 N–H and O–H groups in total. The van der Waals surface area contributed by atoms with Crippen molar-refractivity contribution in [2.45, 2.75) is 45.8 Å². The van der Waals surface area contributed by atoms with Crippen molar-refractivity contribution in [3.8, 4) is 0 Å². The van der Waals surface area contributed by atoms with E-state index in [0.29, 0.717) is 12.0 Å². The maximum absolute atomic E-state index is 4.70. The summed E-state index contributed by atoms with van der Waals surface area (Å²) in [5, 5.41) is 12.6. The second kappa shape index (κ2) is 6.96. The highest BCUT2D eigenvalue weighted by molar-refractivity contribution is 5.50. The molecule has 2 rings (SSSR count). The van der Waals surface area contributed by atoms with Crippen molar-refractivity contribution in [1.29, 1.82) is 0 Å². The molecule has 0 aliphatic carbocycles. The Labute approximate surface area is 133 Å². The SMILES string of the molecule is CC(C)c1nn(C)c(N(C)C)c1CN[C@H](C)Cn1cccn1. The Morgan fingerprint density at radius 2 is 2.00 bits per heavy atom. The van der Waals surface area contributed by atoms with Gasteiger partial charge in [0.25, 0.3) is 0 Å². The molecule has 22 heavy (non-hydrogen) atoms. The smallest absolute Gasteiger partial charge is 0.130 e. The Bertz CT molecular complexity index is 582. The van der Waals surface area contributed by atoms with Crippen LogP contribution in [0.25, 0.3) is 0 Å². The average molecular weight is 304 g/mol. The van der Waals surface area contributed by atoms with Gasteiger partial charge in [-0.15, -0.1) is 0 Å². The minimum atomic E-state index is 0.343. The van der Waals surface area contributed by atoms with Gasteiger partial charge in [0.1, 0.15) is 5.82 Å². The Morgan fingerprint density at radius 3 is 2.55 bits per heavy atom. The van der Waals surface area contributed by atoms with Gasteiger partial charge >= 0.3 is 0 Å². The zero-order valence-electron chi connectivity index (χ0n) is 14.5. The minimum Gasteiger partial charge on any atom is -0.363 e. The summed E-state index contributed by atoms with van der Waals surface area (Å²) in [4.78, 5) is 2.13. The van der Waals surface area contributed by atoms with E-state index in [1.807, 2.05) is 34.9 Å². The van der Waals surface area contributed by atoms with Gasteiger partial charge in [0, 0.05) is 51.7 Å². The van der Waals surface area contributed by atoms with Gasteiger partial charge in [-0.2, -0.15) is 10.2 Å². The third-order valence-electron chi connectivity index (χ3n) is 3.76. The van der Waals surface area contributed by atoms with Gasteiger partial charge in [-0.1, -0.05) is 13.8 Å². The summed E-state index contributed by atoms with van der Waals surface area (Å²) in [5.41, 5.74) is 2.46. The van der Waals surface area contributed by atoms with Crippen LogP contribution in [0.2, 0.25) is 0 Å². The van der Waals surface area contributed by atoms with Gasteiger partial charge in [0.15, 0.2) is 0 Å². The molecule has 0 fully saturated rings. The first-order valence-corrected chi connectivity index (χ1v) is 7.84. The van der Waals surface area contributed by atoms with E-state index >= 15 is 0 Å². The van der Waals surface area contributed by atoms with Crippen molar-refractivity contribution >= 4 is 5.82 Å². The summed E-state index contributed by atoms with van der Waals surface area (Å²) >= 11 is 0. The fourth-order valence-corrected chi connectivity index (χ4v) is 2.80. The summed E-state index contributed by atoms with van der Waals surface area (Å²) < 4.78 is 3.93. The molecule has 0 unspecified atom stereocenters. The molecular weight excluding hydrogens is 276 g/mol. The van der Waals surface area contributed by atoms with E-state index in [1.54, 1.807) is 0 Å². The lowest BCUT2D eigenvalue weighted by atomic mass is 10.1. The first kappa shape index (κ1) is 16.5. The lowest BCUT2D eigenvalue weighted by molar-refractivity contribution is 0.450. The number of aryl methyl sites for hydroxylation is 1. The van der Waals surface area contributed by atoms with E-state index in [9.17, 15) is 0 Å². The van der Waals surface area contributed by atoms with Gasteiger partial charge in [-0.25, -0.2) is 0 Å². The Balaban J connectivity index is 2.10. The quantitative estimate of drug-likeness (QED) is 0.850. The van der Waals surface area contributed by atoms with Gasteiger partial charge < -0.3 is 10.2 Å². The lowest BCUT2D eigenvalue weighted by Crippen LogP contribution is -2.31. The van der Waals surface area contributed by atoms with Gasteiger partial charge in [0.2, 0.25) is 0 Å². The summed E-state index contributed by atoms with van der Waals surface area (Å²) in [6.45, 7) is 8.25. The highest BCUT2D eigenvalue weighted by Crippen LogP contribution is 2.27.